The third kappa shape index (κ3) is 9.93. The van der Waals surface area contributed by atoms with Crippen molar-refractivity contribution in [2.45, 2.75) is 39.0 Å². The van der Waals surface area contributed by atoms with E-state index in [1.165, 1.54) is 0 Å². The molecule has 2 amide bonds. The summed E-state index contributed by atoms with van der Waals surface area (Å²) in [6.45, 7) is 1.46. The maximum absolute atomic E-state index is 11.3. The van der Waals surface area contributed by atoms with Gasteiger partial charge in [0.2, 0.25) is 11.8 Å². The first-order chi connectivity index (χ1) is 9.49. The van der Waals surface area contributed by atoms with Crippen LogP contribution in [0.1, 0.15) is 39.0 Å². The fraction of sp³-hybridized carbons (Fsp3) is 0.615. The van der Waals surface area contributed by atoms with E-state index in [2.05, 4.69) is 10.6 Å². The summed E-state index contributed by atoms with van der Waals surface area (Å²) < 4.78 is 0. The minimum atomic E-state index is -0.403. The average Bonchev–Trinajstić information content (AvgIpc) is 2.45. The van der Waals surface area contributed by atoms with Crippen LogP contribution in [0.3, 0.4) is 0 Å². The number of carbonyl (C=O) groups excluding carboxylic acids is 5. The molecule has 2 N–H and O–H groups in total. The number of ketones is 2. The van der Waals surface area contributed by atoms with Crippen molar-refractivity contribution in [3.63, 3.8) is 0 Å². The lowest BCUT2D eigenvalue weighted by atomic mass is 10.2. The highest BCUT2D eigenvalue weighted by Crippen LogP contribution is 1.92. The van der Waals surface area contributed by atoms with Gasteiger partial charge in [-0.25, -0.2) is 0 Å². The van der Waals surface area contributed by atoms with Crippen LogP contribution in [0.4, 0.5) is 0 Å². The quantitative estimate of drug-likeness (QED) is 0.498. The van der Waals surface area contributed by atoms with Crippen molar-refractivity contribution in [1.82, 2.24) is 10.6 Å². The van der Waals surface area contributed by atoms with Crippen LogP contribution >= 0.6 is 0 Å². The number of aldehydes is 1. The Kier molecular flexibility index (Phi) is 9.72. The molecular formula is C13H20N2O5. The first-order valence-corrected chi connectivity index (χ1v) is 6.50. The van der Waals surface area contributed by atoms with Crippen LogP contribution in [0.25, 0.3) is 0 Å². The molecule has 0 radical (unpaired) electrons. The fourth-order valence-electron chi connectivity index (χ4n) is 1.26. The molecule has 0 saturated carbocycles. The zero-order valence-electron chi connectivity index (χ0n) is 11.6. The van der Waals surface area contributed by atoms with E-state index in [-0.39, 0.29) is 56.2 Å². The van der Waals surface area contributed by atoms with E-state index < -0.39 is 5.91 Å². The number of rotatable bonds is 11. The summed E-state index contributed by atoms with van der Waals surface area (Å²) in [5.41, 5.74) is 0. The largest absolute Gasteiger partial charge is 0.349 e. The van der Waals surface area contributed by atoms with Crippen molar-refractivity contribution < 1.29 is 24.0 Å². The van der Waals surface area contributed by atoms with E-state index in [1.807, 2.05) is 0 Å². The van der Waals surface area contributed by atoms with Gasteiger partial charge < -0.3 is 15.4 Å². The van der Waals surface area contributed by atoms with E-state index in [0.29, 0.717) is 12.7 Å². The lowest BCUT2D eigenvalue weighted by molar-refractivity contribution is -0.128. The fourth-order valence-corrected chi connectivity index (χ4v) is 1.26. The van der Waals surface area contributed by atoms with E-state index in [4.69, 9.17) is 0 Å². The monoisotopic (exact) mass is 284 g/mol. The molecule has 0 unspecified atom stereocenters. The van der Waals surface area contributed by atoms with E-state index in [1.54, 1.807) is 6.92 Å². The first kappa shape index (κ1) is 17.9. The number of hydrogen-bond acceptors (Lipinski definition) is 5. The molecule has 0 aliphatic carbocycles. The maximum Gasteiger partial charge on any atom is 0.220 e. The van der Waals surface area contributed by atoms with Crippen molar-refractivity contribution in [3.8, 4) is 0 Å². The summed E-state index contributed by atoms with van der Waals surface area (Å²) >= 11 is 0. The highest BCUT2D eigenvalue weighted by Gasteiger charge is 2.09. The van der Waals surface area contributed by atoms with Crippen LogP contribution in [0.5, 0.6) is 0 Å². The van der Waals surface area contributed by atoms with Gasteiger partial charge in [-0.15, -0.1) is 0 Å². The third-order valence-corrected chi connectivity index (χ3v) is 2.46. The highest BCUT2D eigenvalue weighted by molar-refractivity contribution is 5.90. The van der Waals surface area contributed by atoms with Gasteiger partial charge in [0.05, 0.1) is 13.1 Å². The van der Waals surface area contributed by atoms with Crippen LogP contribution in [0.15, 0.2) is 0 Å². The van der Waals surface area contributed by atoms with Crippen molar-refractivity contribution in [3.05, 3.63) is 0 Å². The minimum Gasteiger partial charge on any atom is -0.349 e. The van der Waals surface area contributed by atoms with Gasteiger partial charge in [0, 0.05) is 32.1 Å². The molecule has 0 aromatic rings. The smallest absolute Gasteiger partial charge is 0.220 e. The summed E-state index contributed by atoms with van der Waals surface area (Å²) in [7, 11) is 0. The molecule has 0 bridgehead atoms. The Bertz CT molecular complexity index is 379. The van der Waals surface area contributed by atoms with Crippen molar-refractivity contribution >= 4 is 29.7 Å². The SMILES string of the molecule is CCC(=O)NCC(=O)CCC(=O)NCC(=O)CCC=O. The number of carbonyl (C=O) groups is 5. The van der Waals surface area contributed by atoms with Gasteiger partial charge in [-0.3, -0.25) is 19.2 Å². The van der Waals surface area contributed by atoms with Crippen molar-refractivity contribution in [1.29, 1.82) is 0 Å². The van der Waals surface area contributed by atoms with Crippen LogP contribution < -0.4 is 10.6 Å². The number of Topliss-reactive ketones (excluding diaryl/α,β-unsaturated/α-hetero) is 2. The van der Waals surface area contributed by atoms with E-state index in [9.17, 15) is 24.0 Å². The molecule has 0 heterocycles. The molecule has 20 heavy (non-hydrogen) atoms. The molecule has 0 aliphatic rings. The summed E-state index contributed by atoms with van der Waals surface area (Å²) in [6, 6.07) is 0. The second-order valence-corrected chi connectivity index (χ2v) is 4.19. The predicted molar refractivity (Wildman–Crippen MR) is 70.9 cm³/mol. The molecule has 0 spiro atoms. The normalized spacial score (nSPS) is 9.65. The lowest BCUT2D eigenvalue weighted by Gasteiger charge is -2.04. The number of amides is 2. The van der Waals surface area contributed by atoms with Crippen LogP contribution in [0, 0.1) is 0 Å². The van der Waals surface area contributed by atoms with Gasteiger partial charge in [-0.05, 0) is 0 Å². The topological polar surface area (TPSA) is 109 Å². The summed E-state index contributed by atoms with van der Waals surface area (Å²) in [4.78, 5) is 54.8. The molecule has 0 saturated heterocycles. The van der Waals surface area contributed by atoms with Gasteiger partial charge in [0.1, 0.15) is 6.29 Å². The molecule has 0 rings (SSSR count). The van der Waals surface area contributed by atoms with Crippen molar-refractivity contribution in [2.75, 3.05) is 13.1 Å². The Hall–Kier alpha value is -2.05. The predicted octanol–water partition coefficient (Wildman–Crippen LogP) is -0.474. The number of nitrogens with one attached hydrogen (secondary N) is 2. The molecule has 0 atom stereocenters. The van der Waals surface area contributed by atoms with E-state index in [0.717, 1.165) is 0 Å². The van der Waals surface area contributed by atoms with E-state index >= 15 is 0 Å². The Morgan fingerprint density at radius 3 is 1.95 bits per heavy atom. The Labute approximate surface area is 117 Å². The average molecular weight is 284 g/mol. The molecule has 7 heteroatoms. The molecular weight excluding hydrogens is 264 g/mol. The Morgan fingerprint density at radius 2 is 1.40 bits per heavy atom. The summed E-state index contributed by atoms with van der Waals surface area (Å²) in [5, 5.41) is 4.80. The molecule has 0 aromatic heterocycles. The van der Waals surface area contributed by atoms with Gasteiger partial charge in [0.25, 0.3) is 0 Å². The van der Waals surface area contributed by atoms with Gasteiger partial charge in [0.15, 0.2) is 11.6 Å². The zero-order valence-corrected chi connectivity index (χ0v) is 11.6. The maximum atomic E-state index is 11.3. The van der Waals surface area contributed by atoms with Crippen LogP contribution in [-0.4, -0.2) is 42.8 Å². The van der Waals surface area contributed by atoms with Crippen molar-refractivity contribution in [2.24, 2.45) is 0 Å². The third-order valence-electron chi connectivity index (χ3n) is 2.46. The summed E-state index contributed by atoms with van der Waals surface area (Å²) in [5.74, 6) is -1.09. The minimum absolute atomic E-state index is 0.0123. The van der Waals surface area contributed by atoms with Gasteiger partial charge in [-0.2, -0.15) is 0 Å². The van der Waals surface area contributed by atoms with Crippen LogP contribution in [-0.2, 0) is 24.0 Å². The Morgan fingerprint density at radius 1 is 0.850 bits per heavy atom. The first-order valence-electron chi connectivity index (χ1n) is 6.50. The van der Waals surface area contributed by atoms with Gasteiger partial charge in [-0.1, -0.05) is 6.92 Å². The second kappa shape index (κ2) is 10.8. The second-order valence-electron chi connectivity index (χ2n) is 4.19. The molecule has 0 aliphatic heterocycles. The Balaban J connectivity index is 3.71. The summed E-state index contributed by atoms with van der Waals surface area (Å²) in [6.07, 6.45) is 1.18. The molecule has 112 valence electrons. The molecule has 7 nitrogen and oxygen atoms in total. The molecule has 0 fully saturated rings. The number of hydrogen-bond donors (Lipinski definition) is 2. The van der Waals surface area contributed by atoms with Crippen LogP contribution in [0.2, 0.25) is 0 Å². The highest BCUT2D eigenvalue weighted by atomic mass is 16.2. The van der Waals surface area contributed by atoms with Gasteiger partial charge >= 0.3 is 0 Å². The molecule has 0 aromatic carbocycles. The standard InChI is InChI=1S/C13H20N2O5/c1-2-12(19)14-9-11(18)5-6-13(20)15-8-10(17)4-3-7-16/h7H,2-6,8-9H2,1H3,(H,14,19)(H,15,20). The zero-order chi connectivity index (χ0) is 15.4. The lowest BCUT2D eigenvalue weighted by Crippen LogP contribution is -2.32.